The van der Waals surface area contributed by atoms with E-state index in [0.717, 1.165) is 17.2 Å². The van der Waals surface area contributed by atoms with Crippen LogP contribution in [0.15, 0.2) is 42.5 Å². The average Bonchev–Trinajstić information content (AvgIpc) is 2.87. The number of hydrogen-bond acceptors (Lipinski definition) is 3. The lowest BCUT2D eigenvalue weighted by molar-refractivity contribution is -0.137. The van der Waals surface area contributed by atoms with Crippen LogP contribution in [0.2, 0.25) is 5.02 Å². The highest BCUT2D eigenvalue weighted by atomic mass is 35.5. The normalized spacial score (nSPS) is 18.8. The van der Waals surface area contributed by atoms with Crippen LogP contribution in [0.3, 0.4) is 0 Å². The standard InChI is InChI=1S/C17H14ClFN2O3/c18-12-6-5-10(8-13(12)19)20-16(23)17(24)21-15-11-4-2-1-3-9(11)7-14(15)22/h1-6,8,14-15,22H,7H2,(H,20,23)(H,21,24)/t14-,15-/m1/s1. The molecule has 0 unspecified atom stereocenters. The number of fused-ring (bicyclic) bond motifs is 1. The highest BCUT2D eigenvalue weighted by Crippen LogP contribution is 2.31. The smallest absolute Gasteiger partial charge is 0.313 e. The molecule has 2 atom stereocenters. The van der Waals surface area contributed by atoms with E-state index >= 15 is 0 Å². The summed E-state index contributed by atoms with van der Waals surface area (Å²) in [4.78, 5) is 24.0. The number of halogens is 2. The highest BCUT2D eigenvalue weighted by Gasteiger charge is 2.33. The molecule has 0 heterocycles. The number of aliphatic hydroxyl groups excluding tert-OH is 1. The van der Waals surface area contributed by atoms with Gasteiger partial charge in [-0.05, 0) is 29.3 Å². The quantitative estimate of drug-likeness (QED) is 0.728. The van der Waals surface area contributed by atoms with Crippen LogP contribution in [0, 0.1) is 5.82 Å². The molecule has 24 heavy (non-hydrogen) atoms. The fourth-order valence-electron chi connectivity index (χ4n) is 2.72. The van der Waals surface area contributed by atoms with Crippen LogP contribution < -0.4 is 10.6 Å². The SMILES string of the molecule is O=C(Nc1ccc(Cl)c(F)c1)C(=O)N[C@@H]1c2ccccc2C[C@H]1O. The van der Waals surface area contributed by atoms with Crippen molar-refractivity contribution >= 4 is 29.1 Å². The third-order valence-electron chi connectivity index (χ3n) is 3.87. The zero-order valence-electron chi connectivity index (χ0n) is 12.4. The summed E-state index contributed by atoms with van der Waals surface area (Å²) in [5.41, 5.74) is 1.82. The van der Waals surface area contributed by atoms with Gasteiger partial charge in [-0.1, -0.05) is 35.9 Å². The molecule has 124 valence electrons. The zero-order valence-corrected chi connectivity index (χ0v) is 13.2. The summed E-state index contributed by atoms with van der Waals surface area (Å²) in [5, 5.41) is 14.8. The molecule has 5 nitrogen and oxygen atoms in total. The predicted molar refractivity (Wildman–Crippen MR) is 87.1 cm³/mol. The van der Waals surface area contributed by atoms with Gasteiger partial charge in [0.25, 0.3) is 0 Å². The Hall–Kier alpha value is -2.44. The third kappa shape index (κ3) is 3.25. The lowest BCUT2D eigenvalue weighted by Gasteiger charge is -2.17. The molecule has 0 spiro atoms. The van der Waals surface area contributed by atoms with Gasteiger partial charge in [0.2, 0.25) is 0 Å². The fourth-order valence-corrected chi connectivity index (χ4v) is 2.83. The summed E-state index contributed by atoms with van der Waals surface area (Å²) in [5.74, 6) is -2.56. The number of benzene rings is 2. The molecule has 2 amide bonds. The van der Waals surface area contributed by atoms with Crippen molar-refractivity contribution in [3.8, 4) is 0 Å². The monoisotopic (exact) mass is 348 g/mol. The molecule has 3 N–H and O–H groups in total. The van der Waals surface area contributed by atoms with E-state index in [2.05, 4.69) is 10.6 Å². The van der Waals surface area contributed by atoms with Crippen LogP contribution in [0.25, 0.3) is 0 Å². The number of hydrogen-bond donors (Lipinski definition) is 3. The molecule has 0 aliphatic heterocycles. The molecule has 0 saturated carbocycles. The van der Waals surface area contributed by atoms with E-state index < -0.39 is 29.8 Å². The first-order valence-corrected chi connectivity index (χ1v) is 7.66. The van der Waals surface area contributed by atoms with Crippen molar-refractivity contribution in [2.75, 3.05) is 5.32 Å². The second-order valence-corrected chi connectivity index (χ2v) is 5.91. The topological polar surface area (TPSA) is 78.4 Å². The molecule has 7 heteroatoms. The van der Waals surface area contributed by atoms with Crippen molar-refractivity contribution in [3.05, 3.63) is 64.4 Å². The van der Waals surface area contributed by atoms with E-state index in [4.69, 9.17) is 11.6 Å². The number of nitrogens with one attached hydrogen (secondary N) is 2. The minimum Gasteiger partial charge on any atom is -0.390 e. The number of anilines is 1. The molecule has 0 saturated heterocycles. The first-order chi connectivity index (χ1) is 11.5. The highest BCUT2D eigenvalue weighted by molar-refractivity contribution is 6.39. The molecule has 0 aromatic heterocycles. The number of carbonyl (C=O) groups is 2. The Bertz CT molecular complexity index is 812. The maximum atomic E-state index is 13.4. The van der Waals surface area contributed by atoms with Crippen molar-refractivity contribution < 1.29 is 19.1 Å². The predicted octanol–water partition coefficient (Wildman–Crippen LogP) is 2.19. The van der Waals surface area contributed by atoms with Gasteiger partial charge in [0.15, 0.2) is 0 Å². The largest absolute Gasteiger partial charge is 0.390 e. The van der Waals surface area contributed by atoms with E-state index in [9.17, 15) is 19.1 Å². The van der Waals surface area contributed by atoms with Gasteiger partial charge < -0.3 is 15.7 Å². The Labute approximate surface area is 142 Å². The molecule has 3 rings (SSSR count). The minimum absolute atomic E-state index is 0.0804. The summed E-state index contributed by atoms with van der Waals surface area (Å²) < 4.78 is 13.4. The lowest BCUT2D eigenvalue weighted by Crippen LogP contribution is -2.40. The molecular formula is C17H14ClFN2O3. The third-order valence-corrected chi connectivity index (χ3v) is 4.18. The Kier molecular flexibility index (Phi) is 4.51. The average molecular weight is 349 g/mol. The molecule has 1 aliphatic carbocycles. The van der Waals surface area contributed by atoms with Crippen molar-refractivity contribution in [3.63, 3.8) is 0 Å². The summed E-state index contributed by atoms with van der Waals surface area (Å²) >= 11 is 5.56. The van der Waals surface area contributed by atoms with Crippen LogP contribution in [0.4, 0.5) is 10.1 Å². The Morgan fingerprint density at radius 1 is 1.17 bits per heavy atom. The lowest BCUT2D eigenvalue weighted by atomic mass is 10.1. The number of amides is 2. The summed E-state index contributed by atoms with van der Waals surface area (Å²) in [6.07, 6.45) is -0.391. The number of aliphatic hydroxyl groups is 1. The maximum absolute atomic E-state index is 13.4. The Morgan fingerprint density at radius 3 is 2.67 bits per heavy atom. The van der Waals surface area contributed by atoms with Crippen LogP contribution in [-0.2, 0) is 16.0 Å². The van der Waals surface area contributed by atoms with Gasteiger partial charge >= 0.3 is 11.8 Å². The molecule has 1 aliphatic rings. The van der Waals surface area contributed by atoms with Gasteiger partial charge in [0.1, 0.15) is 5.82 Å². The van der Waals surface area contributed by atoms with Gasteiger partial charge in [-0.15, -0.1) is 0 Å². The summed E-state index contributed by atoms with van der Waals surface area (Å²) in [7, 11) is 0. The number of rotatable bonds is 2. The van der Waals surface area contributed by atoms with Gasteiger partial charge in [0.05, 0.1) is 17.2 Å². The van der Waals surface area contributed by atoms with Gasteiger partial charge in [-0.2, -0.15) is 0 Å². The number of carbonyl (C=O) groups excluding carboxylic acids is 2. The van der Waals surface area contributed by atoms with E-state index in [1.54, 1.807) is 12.1 Å². The summed E-state index contributed by atoms with van der Waals surface area (Å²) in [6.45, 7) is 0. The molecule has 0 bridgehead atoms. The first kappa shape index (κ1) is 16.4. The Balaban J connectivity index is 1.68. The van der Waals surface area contributed by atoms with Crippen molar-refractivity contribution in [1.29, 1.82) is 0 Å². The van der Waals surface area contributed by atoms with Gasteiger partial charge in [-0.3, -0.25) is 9.59 Å². The van der Waals surface area contributed by atoms with Gasteiger partial charge in [-0.25, -0.2) is 4.39 Å². The maximum Gasteiger partial charge on any atom is 0.313 e. The Morgan fingerprint density at radius 2 is 1.92 bits per heavy atom. The van der Waals surface area contributed by atoms with E-state index in [0.29, 0.717) is 6.42 Å². The van der Waals surface area contributed by atoms with Crippen LogP contribution in [0.5, 0.6) is 0 Å². The first-order valence-electron chi connectivity index (χ1n) is 7.28. The van der Waals surface area contributed by atoms with Crippen LogP contribution in [-0.4, -0.2) is 23.0 Å². The summed E-state index contributed by atoms with van der Waals surface area (Å²) in [6, 6.07) is 10.3. The van der Waals surface area contributed by atoms with Crippen LogP contribution >= 0.6 is 11.6 Å². The second-order valence-electron chi connectivity index (χ2n) is 5.50. The molecular weight excluding hydrogens is 335 g/mol. The fraction of sp³-hybridized carbons (Fsp3) is 0.176. The van der Waals surface area contributed by atoms with E-state index in [-0.39, 0.29) is 10.7 Å². The minimum atomic E-state index is -0.951. The van der Waals surface area contributed by atoms with Crippen molar-refractivity contribution in [2.24, 2.45) is 0 Å². The second kappa shape index (κ2) is 6.59. The molecule has 2 aromatic carbocycles. The molecule has 0 fully saturated rings. The molecule has 0 radical (unpaired) electrons. The van der Waals surface area contributed by atoms with Crippen molar-refractivity contribution in [2.45, 2.75) is 18.6 Å². The van der Waals surface area contributed by atoms with E-state index in [1.807, 2.05) is 12.1 Å². The zero-order chi connectivity index (χ0) is 17.3. The van der Waals surface area contributed by atoms with Gasteiger partial charge in [0, 0.05) is 12.1 Å². The molecule has 2 aromatic rings. The van der Waals surface area contributed by atoms with Crippen molar-refractivity contribution in [1.82, 2.24) is 5.32 Å². The van der Waals surface area contributed by atoms with Crippen LogP contribution in [0.1, 0.15) is 17.2 Å². The van der Waals surface area contributed by atoms with E-state index in [1.165, 1.54) is 12.1 Å².